The second-order valence-corrected chi connectivity index (χ2v) is 7.40. The smallest absolute Gasteiger partial charge is 0.120 e. The highest BCUT2D eigenvalue weighted by Gasteiger charge is 2.27. The molecule has 0 radical (unpaired) electrons. The predicted octanol–water partition coefficient (Wildman–Crippen LogP) is 4.81. The molecule has 1 aromatic heterocycles. The molecule has 3 aromatic rings. The number of aromatic nitrogens is 1. The van der Waals surface area contributed by atoms with Gasteiger partial charge in [0.2, 0.25) is 0 Å². The van der Waals surface area contributed by atoms with Crippen molar-refractivity contribution >= 4 is 0 Å². The van der Waals surface area contributed by atoms with Gasteiger partial charge < -0.3 is 9.67 Å². The van der Waals surface area contributed by atoms with Gasteiger partial charge in [-0.2, -0.15) is 0 Å². The summed E-state index contributed by atoms with van der Waals surface area (Å²) >= 11 is 0. The van der Waals surface area contributed by atoms with Gasteiger partial charge in [-0.25, -0.2) is 0 Å². The number of fused-ring (bicyclic) bond motifs is 1. The molecule has 1 atom stereocenters. The molecule has 0 unspecified atom stereocenters. The van der Waals surface area contributed by atoms with Gasteiger partial charge in [0.1, 0.15) is 5.75 Å². The number of phenols is 1. The fourth-order valence-corrected chi connectivity index (χ4v) is 4.00. The molecule has 3 nitrogen and oxygen atoms in total. The van der Waals surface area contributed by atoms with E-state index >= 15 is 0 Å². The second kappa shape index (κ2) is 7.00. The fraction of sp³-hybridized carbons (Fsp3) is 0.304. The quantitative estimate of drug-likeness (QED) is 0.737. The van der Waals surface area contributed by atoms with Gasteiger partial charge in [0, 0.05) is 37.1 Å². The number of hydrogen-bond donors (Lipinski definition) is 1. The zero-order valence-electron chi connectivity index (χ0n) is 15.5. The maximum atomic E-state index is 10.4. The van der Waals surface area contributed by atoms with Crippen molar-refractivity contribution in [3.8, 4) is 5.75 Å². The van der Waals surface area contributed by atoms with Crippen molar-refractivity contribution in [2.24, 2.45) is 0 Å². The topological polar surface area (TPSA) is 28.4 Å². The van der Waals surface area contributed by atoms with Crippen LogP contribution in [0.2, 0.25) is 0 Å². The Morgan fingerprint density at radius 1 is 0.962 bits per heavy atom. The molecular weight excluding hydrogens is 320 g/mol. The molecule has 134 valence electrons. The number of benzene rings is 2. The number of rotatable bonds is 3. The molecule has 1 aliphatic heterocycles. The Balaban J connectivity index is 1.75. The Morgan fingerprint density at radius 3 is 2.54 bits per heavy atom. The van der Waals surface area contributed by atoms with Gasteiger partial charge in [-0.05, 0) is 44.0 Å². The number of nitrogens with zero attached hydrogens (tertiary/aromatic N) is 2. The first-order valence-corrected chi connectivity index (χ1v) is 9.36. The maximum Gasteiger partial charge on any atom is 0.120 e. The maximum absolute atomic E-state index is 10.4. The second-order valence-electron chi connectivity index (χ2n) is 7.40. The lowest BCUT2D eigenvalue weighted by molar-refractivity contribution is 0.217. The first kappa shape index (κ1) is 16.9. The van der Waals surface area contributed by atoms with Gasteiger partial charge >= 0.3 is 0 Å². The Kier molecular flexibility index (Phi) is 4.56. The summed E-state index contributed by atoms with van der Waals surface area (Å²) in [5, 5.41) is 10.4. The molecule has 2 heterocycles. The summed E-state index contributed by atoms with van der Waals surface area (Å²) in [5.41, 5.74) is 6.11. The largest absolute Gasteiger partial charge is 0.508 e. The number of aryl methyl sites for hydroxylation is 3. The molecule has 1 N–H and O–H groups in total. The highest BCUT2D eigenvalue weighted by Crippen LogP contribution is 2.34. The minimum atomic E-state index is 0.202. The van der Waals surface area contributed by atoms with E-state index in [1.165, 1.54) is 22.4 Å². The van der Waals surface area contributed by atoms with Crippen LogP contribution in [0.5, 0.6) is 5.75 Å². The van der Waals surface area contributed by atoms with Crippen LogP contribution >= 0.6 is 0 Å². The van der Waals surface area contributed by atoms with E-state index in [1.54, 1.807) is 0 Å². The summed E-state index contributed by atoms with van der Waals surface area (Å²) in [6.45, 7) is 7.00. The van der Waals surface area contributed by atoms with Crippen LogP contribution in [-0.4, -0.2) is 21.1 Å². The standard InChI is InChI=1S/C23H26N2O/c1-17-6-9-19(10-7-17)23-21-5-3-12-24(21)13-4-14-25(23)16-20-15-18(2)8-11-22(20)26/h3,5-12,15,23,26H,4,13-14,16H2,1-2H3/t23-/m1/s1. The summed E-state index contributed by atoms with van der Waals surface area (Å²) in [5.74, 6) is 0.387. The van der Waals surface area contributed by atoms with Gasteiger partial charge in [0.05, 0.1) is 6.04 Å². The lowest BCUT2D eigenvalue weighted by Crippen LogP contribution is -2.29. The molecule has 2 aromatic carbocycles. The van der Waals surface area contributed by atoms with E-state index in [2.05, 4.69) is 72.0 Å². The molecule has 3 heteroatoms. The van der Waals surface area contributed by atoms with E-state index in [9.17, 15) is 5.11 Å². The SMILES string of the molecule is Cc1ccc([C@@H]2c3cccn3CCCN2Cc2cc(C)ccc2O)cc1. The monoisotopic (exact) mass is 346 g/mol. The molecule has 4 rings (SSSR count). The van der Waals surface area contributed by atoms with E-state index in [-0.39, 0.29) is 6.04 Å². The highest BCUT2D eigenvalue weighted by molar-refractivity contribution is 5.37. The van der Waals surface area contributed by atoms with Crippen molar-refractivity contribution in [3.05, 3.63) is 88.7 Å². The lowest BCUT2D eigenvalue weighted by Gasteiger charge is -2.31. The third-order valence-electron chi connectivity index (χ3n) is 5.36. The summed E-state index contributed by atoms with van der Waals surface area (Å²) in [6, 6.07) is 19.3. The van der Waals surface area contributed by atoms with Crippen molar-refractivity contribution in [2.45, 2.75) is 39.4 Å². The number of aromatic hydroxyl groups is 1. The molecule has 0 spiro atoms. The van der Waals surface area contributed by atoms with Gasteiger partial charge in [-0.3, -0.25) is 4.90 Å². The summed E-state index contributed by atoms with van der Waals surface area (Å²) < 4.78 is 2.38. The van der Waals surface area contributed by atoms with E-state index in [0.717, 1.165) is 31.6 Å². The fourth-order valence-electron chi connectivity index (χ4n) is 4.00. The van der Waals surface area contributed by atoms with Crippen molar-refractivity contribution in [1.29, 1.82) is 0 Å². The Labute approximate surface area is 155 Å². The minimum Gasteiger partial charge on any atom is -0.508 e. The van der Waals surface area contributed by atoms with Crippen molar-refractivity contribution < 1.29 is 5.11 Å². The average Bonchev–Trinajstić information content (AvgIpc) is 3.01. The van der Waals surface area contributed by atoms with Crippen LogP contribution < -0.4 is 0 Å². The molecule has 0 aliphatic carbocycles. The van der Waals surface area contributed by atoms with Crippen molar-refractivity contribution in [2.75, 3.05) is 6.54 Å². The van der Waals surface area contributed by atoms with Crippen LogP contribution in [0.25, 0.3) is 0 Å². The molecule has 0 amide bonds. The summed E-state index contributed by atoms with van der Waals surface area (Å²) in [6.07, 6.45) is 3.29. The van der Waals surface area contributed by atoms with Crippen molar-refractivity contribution in [1.82, 2.24) is 9.47 Å². The molecule has 0 bridgehead atoms. The van der Waals surface area contributed by atoms with Crippen LogP contribution in [0.3, 0.4) is 0 Å². The third kappa shape index (κ3) is 3.27. The zero-order chi connectivity index (χ0) is 18.1. The number of phenolic OH excluding ortho intramolecular Hbond substituents is 1. The van der Waals surface area contributed by atoms with Gasteiger partial charge in [0.25, 0.3) is 0 Å². The Morgan fingerprint density at radius 2 is 1.73 bits per heavy atom. The van der Waals surface area contributed by atoms with Gasteiger partial charge in [-0.1, -0.05) is 47.5 Å². The average molecular weight is 346 g/mol. The van der Waals surface area contributed by atoms with E-state index in [4.69, 9.17) is 0 Å². The predicted molar refractivity (Wildman–Crippen MR) is 105 cm³/mol. The molecule has 1 aliphatic rings. The zero-order valence-corrected chi connectivity index (χ0v) is 15.5. The number of hydrogen-bond acceptors (Lipinski definition) is 2. The van der Waals surface area contributed by atoms with Crippen molar-refractivity contribution in [3.63, 3.8) is 0 Å². The van der Waals surface area contributed by atoms with Crippen LogP contribution in [0.4, 0.5) is 0 Å². The lowest BCUT2D eigenvalue weighted by atomic mass is 9.99. The van der Waals surface area contributed by atoms with Crippen LogP contribution in [-0.2, 0) is 13.1 Å². The highest BCUT2D eigenvalue weighted by atomic mass is 16.3. The van der Waals surface area contributed by atoms with E-state index in [1.807, 2.05) is 12.1 Å². The van der Waals surface area contributed by atoms with Gasteiger partial charge in [-0.15, -0.1) is 0 Å². The van der Waals surface area contributed by atoms with Crippen LogP contribution in [0, 0.1) is 13.8 Å². The third-order valence-corrected chi connectivity index (χ3v) is 5.36. The normalized spacial score (nSPS) is 17.7. The molecule has 0 fully saturated rings. The molecular formula is C23H26N2O. The summed E-state index contributed by atoms with van der Waals surface area (Å²) in [4.78, 5) is 2.50. The molecule has 0 saturated carbocycles. The molecule has 26 heavy (non-hydrogen) atoms. The van der Waals surface area contributed by atoms with E-state index < -0.39 is 0 Å². The minimum absolute atomic E-state index is 0.202. The first-order chi connectivity index (χ1) is 12.6. The first-order valence-electron chi connectivity index (χ1n) is 9.36. The van der Waals surface area contributed by atoms with Gasteiger partial charge in [0.15, 0.2) is 0 Å². The molecule has 0 saturated heterocycles. The Bertz CT molecular complexity index is 895. The van der Waals surface area contributed by atoms with Crippen LogP contribution in [0.15, 0.2) is 60.8 Å². The van der Waals surface area contributed by atoms with E-state index in [0.29, 0.717) is 5.75 Å². The Hall–Kier alpha value is -2.52. The summed E-state index contributed by atoms with van der Waals surface area (Å²) in [7, 11) is 0. The van der Waals surface area contributed by atoms with Crippen LogP contribution in [0.1, 0.15) is 40.4 Å².